The molecule has 2 heterocycles. The number of nitrogens with one attached hydrogen (secondary N) is 2. The third-order valence-corrected chi connectivity index (χ3v) is 7.91. The Hall–Kier alpha value is -3.60. The van der Waals surface area contributed by atoms with Gasteiger partial charge in [0.1, 0.15) is 11.6 Å². The van der Waals surface area contributed by atoms with Gasteiger partial charge in [-0.25, -0.2) is 13.4 Å². The zero-order chi connectivity index (χ0) is 26.0. The normalized spacial score (nSPS) is 11.4. The van der Waals surface area contributed by atoms with Crippen LogP contribution in [0.5, 0.6) is 5.75 Å². The standard InChI is InChI=1S/C26H21BrClN5O3S/c1-36-19-10-12-20(13-11-19)37(34,35)32-18-8-6-17(7-9-18)15-29-25-14-24(21-4-2-3-5-23(21)28)31-26-22(27)16-30-33(25)26/h2-14,16,29,32H,15H2,1H3. The highest BCUT2D eigenvalue weighted by atomic mass is 79.9. The van der Waals surface area contributed by atoms with Crippen molar-refractivity contribution in [2.75, 3.05) is 17.1 Å². The van der Waals surface area contributed by atoms with Gasteiger partial charge in [0.2, 0.25) is 0 Å². The molecule has 11 heteroatoms. The lowest BCUT2D eigenvalue weighted by atomic mass is 10.1. The van der Waals surface area contributed by atoms with E-state index in [1.807, 2.05) is 42.5 Å². The molecule has 0 aliphatic rings. The Morgan fingerprint density at radius 3 is 2.46 bits per heavy atom. The third kappa shape index (κ3) is 5.41. The maximum absolute atomic E-state index is 12.7. The largest absolute Gasteiger partial charge is 0.497 e. The van der Waals surface area contributed by atoms with Gasteiger partial charge in [-0.05, 0) is 64.0 Å². The van der Waals surface area contributed by atoms with Gasteiger partial charge >= 0.3 is 0 Å². The number of aromatic nitrogens is 3. The highest BCUT2D eigenvalue weighted by Gasteiger charge is 2.15. The lowest BCUT2D eigenvalue weighted by Crippen LogP contribution is -2.13. The molecule has 8 nitrogen and oxygen atoms in total. The number of rotatable bonds is 8. The van der Waals surface area contributed by atoms with Gasteiger partial charge in [0.05, 0.1) is 28.4 Å². The Balaban J connectivity index is 1.34. The molecule has 2 aromatic heterocycles. The quantitative estimate of drug-likeness (QED) is 0.220. The number of sulfonamides is 1. The highest BCUT2D eigenvalue weighted by molar-refractivity contribution is 9.10. The molecular weight excluding hydrogens is 578 g/mol. The Bertz CT molecular complexity index is 1670. The Morgan fingerprint density at radius 1 is 1.03 bits per heavy atom. The van der Waals surface area contributed by atoms with Gasteiger partial charge < -0.3 is 10.1 Å². The van der Waals surface area contributed by atoms with Crippen molar-refractivity contribution >= 4 is 54.7 Å². The summed E-state index contributed by atoms with van der Waals surface area (Å²) in [5, 5.41) is 8.41. The van der Waals surface area contributed by atoms with Crippen molar-refractivity contribution in [3.8, 4) is 17.0 Å². The minimum Gasteiger partial charge on any atom is -0.497 e. The fraction of sp³-hybridized carbons (Fsp3) is 0.0769. The summed E-state index contributed by atoms with van der Waals surface area (Å²) in [6.45, 7) is 0.476. The SMILES string of the molecule is COc1ccc(S(=O)(=O)Nc2ccc(CNc3cc(-c4ccccc4Cl)nc4c(Br)cnn34)cc2)cc1. The molecule has 3 aromatic carbocycles. The van der Waals surface area contributed by atoms with Gasteiger partial charge in [-0.3, -0.25) is 4.72 Å². The van der Waals surface area contributed by atoms with Crippen LogP contribution in [0.2, 0.25) is 5.02 Å². The van der Waals surface area contributed by atoms with Crippen LogP contribution in [-0.2, 0) is 16.6 Å². The molecule has 0 aliphatic carbocycles. The average Bonchev–Trinajstić information content (AvgIpc) is 3.29. The molecule has 5 rings (SSSR count). The molecule has 0 atom stereocenters. The molecule has 0 fully saturated rings. The van der Waals surface area contributed by atoms with Gasteiger partial charge in [0, 0.05) is 28.9 Å². The topological polar surface area (TPSA) is 97.6 Å². The van der Waals surface area contributed by atoms with Crippen LogP contribution >= 0.6 is 27.5 Å². The van der Waals surface area contributed by atoms with Crippen molar-refractivity contribution in [2.45, 2.75) is 11.4 Å². The Labute approximate surface area is 227 Å². The van der Waals surface area contributed by atoms with Crippen molar-refractivity contribution in [2.24, 2.45) is 0 Å². The monoisotopic (exact) mass is 597 g/mol. The minimum atomic E-state index is -3.72. The van der Waals surface area contributed by atoms with Crippen LogP contribution in [0.15, 0.2) is 94.4 Å². The van der Waals surface area contributed by atoms with Crippen LogP contribution in [0, 0.1) is 0 Å². The zero-order valence-electron chi connectivity index (χ0n) is 19.5. The lowest BCUT2D eigenvalue weighted by molar-refractivity contribution is 0.414. The molecule has 0 spiro atoms. The van der Waals surface area contributed by atoms with E-state index in [0.29, 0.717) is 34.3 Å². The molecule has 2 N–H and O–H groups in total. The molecule has 0 unspecified atom stereocenters. The fourth-order valence-corrected chi connectivity index (χ4v) is 5.36. The predicted molar refractivity (Wildman–Crippen MR) is 149 cm³/mol. The lowest BCUT2D eigenvalue weighted by Gasteiger charge is -2.12. The van der Waals surface area contributed by atoms with Gasteiger partial charge in [-0.1, -0.05) is 41.9 Å². The minimum absolute atomic E-state index is 0.153. The molecule has 0 radical (unpaired) electrons. The summed E-state index contributed by atoms with van der Waals surface area (Å²) in [5.41, 5.74) is 3.59. The van der Waals surface area contributed by atoms with Crippen LogP contribution in [0.4, 0.5) is 11.5 Å². The van der Waals surface area contributed by atoms with Crippen LogP contribution in [0.25, 0.3) is 16.9 Å². The van der Waals surface area contributed by atoms with Crippen LogP contribution in [-0.4, -0.2) is 30.1 Å². The average molecular weight is 599 g/mol. The van der Waals surface area contributed by atoms with Crippen molar-refractivity contribution in [3.05, 3.63) is 100 Å². The number of methoxy groups -OCH3 is 1. The third-order valence-electron chi connectivity index (χ3n) is 5.63. The number of halogens is 2. The van der Waals surface area contributed by atoms with Gasteiger partial charge in [-0.2, -0.15) is 9.61 Å². The first-order valence-corrected chi connectivity index (χ1v) is 13.8. The number of fused-ring (bicyclic) bond motifs is 1. The number of hydrogen-bond donors (Lipinski definition) is 2. The summed E-state index contributed by atoms with van der Waals surface area (Å²) in [7, 11) is -2.19. The first-order chi connectivity index (χ1) is 17.8. The predicted octanol–water partition coefficient (Wildman–Crippen LogP) is 6.23. The molecule has 0 aliphatic heterocycles. The fourth-order valence-electron chi connectivity index (χ4n) is 3.72. The van der Waals surface area contributed by atoms with E-state index < -0.39 is 10.0 Å². The summed E-state index contributed by atoms with van der Waals surface area (Å²) < 4.78 is 35.6. The molecule has 5 aromatic rings. The van der Waals surface area contributed by atoms with Crippen LogP contribution in [0.3, 0.4) is 0 Å². The maximum Gasteiger partial charge on any atom is 0.261 e. The number of benzene rings is 3. The van der Waals surface area contributed by atoms with Gasteiger partial charge in [-0.15, -0.1) is 0 Å². The summed E-state index contributed by atoms with van der Waals surface area (Å²) in [6, 6.07) is 22.8. The van der Waals surface area contributed by atoms with Gasteiger partial charge in [0.25, 0.3) is 10.0 Å². The van der Waals surface area contributed by atoms with E-state index in [1.165, 1.54) is 19.2 Å². The van der Waals surface area contributed by atoms with Crippen molar-refractivity contribution < 1.29 is 13.2 Å². The number of hydrogen-bond acceptors (Lipinski definition) is 6. The second-order valence-corrected chi connectivity index (χ2v) is 11.0. The second kappa shape index (κ2) is 10.4. The summed E-state index contributed by atoms with van der Waals surface area (Å²) >= 11 is 9.92. The van der Waals surface area contributed by atoms with E-state index >= 15 is 0 Å². The Kier molecular flexibility index (Phi) is 7.05. The number of ether oxygens (including phenoxy) is 1. The first kappa shape index (κ1) is 25.1. The molecule has 0 saturated carbocycles. The van der Waals surface area contributed by atoms with Crippen molar-refractivity contribution in [1.82, 2.24) is 14.6 Å². The van der Waals surface area contributed by atoms with Gasteiger partial charge in [0.15, 0.2) is 5.65 Å². The van der Waals surface area contributed by atoms with E-state index in [4.69, 9.17) is 21.3 Å². The molecular formula is C26H21BrClN5O3S. The maximum atomic E-state index is 12.7. The van der Waals surface area contributed by atoms with E-state index in [0.717, 1.165) is 21.4 Å². The van der Waals surface area contributed by atoms with E-state index in [9.17, 15) is 8.42 Å². The molecule has 0 bridgehead atoms. The van der Waals surface area contributed by atoms with E-state index in [2.05, 4.69) is 31.1 Å². The zero-order valence-corrected chi connectivity index (χ0v) is 22.7. The summed E-state index contributed by atoms with van der Waals surface area (Å²) in [6.07, 6.45) is 1.69. The second-order valence-electron chi connectivity index (χ2n) is 8.07. The molecule has 188 valence electrons. The highest BCUT2D eigenvalue weighted by Crippen LogP contribution is 2.30. The molecule has 0 saturated heterocycles. The first-order valence-electron chi connectivity index (χ1n) is 11.1. The number of anilines is 2. The number of nitrogens with zero attached hydrogens (tertiary/aromatic N) is 3. The van der Waals surface area contributed by atoms with Crippen molar-refractivity contribution in [1.29, 1.82) is 0 Å². The smallest absolute Gasteiger partial charge is 0.261 e. The summed E-state index contributed by atoms with van der Waals surface area (Å²) in [4.78, 5) is 4.87. The molecule has 37 heavy (non-hydrogen) atoms. The van der Waals surface area contributed by atoms with Crippen molar-refractivity contribution in [3.63, 3.8) is 0 Å². The Morgan fingerprint density at radius 2 is 1.76 bits per heavy atom. The van der Waals surface area contributed by atoms with Crippen LogP contribution < -0.4 is 14.8 Å². The van der Waals surface area contributed by atoms with E-state index in [-0.39, 0.29) is 4.90 Å². The summed E-state index contributed by atoms with van der Waals surface area (Å²) in [5.74, 6) is 1.32. The van der Waals surface area contributed by atoms with Crippen LogP contribution in [0.1, 0.15) is 5.56 Å². The molecule has 0 amide bonds. The van der Waals surface area contributed by atoms with E-state index in [1.54, 1.807) is 35.0 Å².